The third-order valence-corrected chi connectivity index (χ3v) is 3.66. The van der Waals surface area contributed by atoms with E-state index in [-0.39, 0.29) is 12.4 Å². The summed E-state index contributed by atoms with van der Waals surface area (Å²) in [6, 6.07) is 0.447. The fourth-order valence-corrected chi connectivity index (χ4v) is 2.26. The second kappa shape index (κ2) is 5.71. The molecule has 2 rings (SSSR count). The van der Waals surface area contributed by atoms with Gasteiger partial charge in [0.25, 0.3) is 0 Å². The van der Waals surface area contributed by atoms with Crippen molar-refractivity contribution in [2.24, 2.45) is 5.92 Å². The lowest BCUT2D eigenvalue weighted by Crippen LogP contribution is -2.39. The normalized spacial score (nSPS) is 25.5. The van der Waals surface area contributed by atoms with Crippen LogP contribution in [0.1, 0.15) is 32.1 Å². The Morgan fingerprint density at radius 1 is 1.40 bits per heavy atom. The van der Waals surface area contributed by atoms with Gasteiger partial charge in [0, 0.05) is 26.1 Å². The van der Waals surface area contributed by atoms with Gasteiger partial charge >= 0.3 is 0 Å². The largest absolute Gasteiger partial charge is 0.341 e. The highest BCUT2D eigenvalue weighted by atomic mass is 35.5. The van der Waals surface area contributed by atoms with Crippen LogP contribution in [-0.2, 0) is 4.79 Å². The summed E-state index contributed by atoms with van der Waals surface area (Å²) < 4.78 is 0. The lowest BCUT2D eigenvalue weighted by atomic mass is 9.82. The predicted molar refractivity (Wildman–Crippen MR) is 63.3 cm³/mol. The molecule has 0 aromatic rings. The van der Waals surface area contributed by atoms with E-state index in [4.69, 9.17) is 0 Å². The van der Waals surface area contributed by atoms with E-state index in [0.29, 0.717) is 17.9 Å². The number of hydrogen-bond acceptors (Lipinski definition) is 2. The Bertz CT molecular complexity index is 213. The van der Waals surface area contributed by atoms with Crippen molar-refractivity contribution in [1.82, 2.24) is 10.2 Å². The second-order valence-corrected chi connectivity index (χ2v) is 4.65. The standard InChI is InChI=1S/C11H20N2O.ClH/c1-13(10-5-6-12-8-10)11(14)7-9-3-2-4-9;/h9-10,12H,2-8H2,1H3;1H/t10-;/m0./s1. The molecule has 1 atom stereocenters. The van der Waals surface area contributed by atoms with E-state index >= 15 is 0 Å². The summed E-state index contributed by atoms with van der Waals surface area (Å²) in [7, 11) is 1.96. The van der Waals surface area contributed by atoms with Crippen LogP contribution in [0, 0.1) is 5.92 Å². The fourth-order valence-electron chi connectivity index (χ4n) is 2.26. The van der Waals surface area contributed by atoms with Crippen molar-refractivity contribution in [3.63, 3.8) is 0 Å². The van der Waals surface area contributed by atoms with E-state index in [1.54, 1.807) is 0 Å². The molecule has 0 bridgehead atoms. The molecule has 2 aliphatic rings. The molecule has 15 heavy (non-hydrogen) atoms. The Labute approximate surface area is 98.0 Å². The number of carbonyl (C=O) groups is 1. The van der Waals surface area contributed by atoms with Gasteiger partial charge < -0.3 is 10.2 Å². The van der Waals surface area contributed by atoms with E-state index < -0.39 is 0 Å². The van der Waals surface area contributed by atoms with Gasteiger partial charge in [-0.2, -0.15) is 0 Å². The molecule has 0 unspecified atom stereocenters. The van der Waals surface area contributed by atoms with Gasteiger partial charge in [-0.3, -0.25) is 4.79 Å². The lowest BCUT2D eigenvalue weighted by Gasteiger charge is -2.29. The van der Waals surface area contributed by atoms with E-state index in [1.165, 1.54) is 19.3 Å². The molecule has 0 aromatic carbocycles. The third-order valence-electron chi connectivity index (χ3n) is 3.66. The fraction of sp³-hybridized carbons (Fsp3) is 0.909. The summed E-state index contributed by atoms with van der Waals surface area (Å²) in [6.45, 7) is 2.04. The van der Waals surface area contributed by atoms with Gasteiger partial charge in [-0.1, -0.05) is 6.42 Å². The van der Waals surface area contributed by atoms with Crippen molar-refractivity contribution >= 4 is 18.3 Å². The molecule has 1 saturated carbocycles. The van der Waals surface area contributed by atoms with Crippen LogP contribution in [0.3, 0.4) is 0 Å². The second-order valence-electron chi connectivity index (χ2n) is 4.65. The van der Waals surface area contributed by atoms with Gasteiger partial charge in [-0.15, -0.1) is 12.4 Å². The zero-order valence-corrected chi connectivity index (χ0v) is 10.2. The van der Waals surface area contributed by atoms with Gasteiger partial charge in [0.1, 0.15) is 0 Å². The van der Waals surface area contributed by atoms with E-state index in [9.17, 15) is 4.79 Å². The Kier molecular flexibility index (Phi) is 4.87. The maximum Gasteiger partial charge on any atom is 0.222 e. The highest BCUT2D eigenvalue weighted by molar-refractivity contribution is 5.85. The lowest BCUT2D eigenvalue weighted by molar-refractivity contribution is -0.133. The Morgan fingerprint density at radius 2 is 2.13 bits per heavy atom. The first-order valence-corrected chi connectivity index (χ1v) is 5.74. The van der Waals surface area contributed by atoms with Gasteiger partial charge in [0.2, 0.25) is 5.91 Å². The minimum absolute atomic E-state index is 0. The Balaban J connectivity index is 0.00000112. The van der Waals surface area contributed by atoms with Crippen LogP contribution in [0.15, 0.2) is 0 Å². The van der Waals surface area contributed by atoms with Crippen LogP contribution < -0.4 is 5.32 Å². The number of nitrogens with one attached hydrogen (secondary N) is 1. The molecule has 1 aliphatic carbocycles. The van der Waals surface area contributed by atoms with Crippen molar-refractivity contribution < 1.29 is 4.79 Å². The molecule has 1 N–H and O–H groups in total. The number of halogens is 1. The smallest absolute Gasteiger partial charge is 0.222 e. The van der Waals surface area contributed by atoms with Crippen LogP contribution in [0.4, 0.5) is 0 Å². The Hall–Kier alpha value is -0.280. The summed E-state index contributed by atoms with van der Waals surface area (Å²) in [5, 5.41) is 3.30. The first-order valence-electron chi connectivity index (χ1n) is 5.74. The van der Waals surface area contributed by atoms with Crippen molar-refractivity contribution in [2.45, 2.75) is 38.1 Å². The molecule has 1 aliphatic heterocycles. The quantitative estimate of drug-likeness (QED) is 0.798. The Morgan fingerprint density at radius 3 is 2.60 bits per heavy atom. The van der Waals surface area contributed by atoms with Gasteiger partial charge in [0.05, 0.1) is 0 Å². The molecule has 2 fully saturated rings. The van der Waals surface area contributed by atoms with Crippen molar-refractivity contribution in [1.29, 1.82) is 0 Å². The molecule has 3 nitrogen and oxygen atoms in total. The van der Waals surface area contributed by atoms with Crippen molar-refractivity contribution in [3.8, 4) is 0 Å². The van der Waals surface area contributed by atoms with E-state index in [1.807, 2.05) is 11.9 Å². The third kappa shape index (κ3) is 3.08. The molecule has 1 saturated heterocycles. The van der Waals surface area contributed by atoms with Crippen LogP contribution >= 0.6 is 12.4 Å². The highest BCUT2D eigenvalue weighted by Crippen LogP contribution is 2.30. The van der Waals surface area contributed by atoms with Crippen LogP contribution in [0.25, 0.3) is 0 Å². The maximum absolute atomic E-state index is 11.8. The zero-order valence-electron chi connectivity index (χ0n) is 9.37. The molecular formula is C11H21ClN2O. The molecule has 0 aromatic heterocycles. The number of carbonyl (C=O) groups excluding carboxylic acids is 1. The average molecular weight is 233 g/mol. The van der Waals surface area contributed by atoms with E-state index in [0.717, 1.165) is 25.9 Å². The highest BCUT2D eigenvalue weighted by Gasteiger charge is 2.27. The molecule has 88 valence electrons. The topological polar surface area (TPSA) is 32.3 Å². The minimum Gasteiger partial charge on any atom is -0.341 e. The molecule has 1 amide bonds. The maximum atomic E-state index is 11.8. The zero-order chi connectivity index (χ0) is 9.97. The first kappa shape index (κ1) is 12.8. The average Bonchev–Trinajstić information content (AvgIpc) is 2.62. The first-order chi connectivity index (χ1) is 6.77. The summed E-state index contributed by atoms with van der Waals surface area (Å²) in [5.74, 6) is 1.04. The number of nitrogens with zero attached hydrogens (tertiary/aromatic N) is 1. The van der Waals surface area contributed by atoms with Gasteiger partial charge in [-0.25, -0.2) is 0 Å². The van der Waals surface area contributed by atoms with Crippen molar-refractivity contribution in [3.05, 3.63) is 0 Å². The summed E-state index contributed by atoms with van der Waals surface area (Å²) >= 11 is 0. The monoisotopic (exact) mass is 232 g/mol. The van der Waals surface area contributed by atoms with Crippen LogP contribution in [0.2, 0.25) is 0 Å². The van der Waals surface area contributed by atoms with Crippen molar-refractivity contribution in [2.75, 3.05) is 20.1 Å². The predicted octanol–water partition coefficient (Wildman–Crippen LogP) is 1.42. The number of likely N-dealkylation sites (N-methyl/N-ethyl adjacent to an activating group) is 1. The number of amides is 1. The molecule has 0 spiro atoms. The van der Waals surface area contributed by atoms with Gasteiger partial charge in [-0.05, 0) is 31.7 Å². The molecular weight excluding hydrogens is 212 g/mol. The van der Waals surface area contributed by atoms with E-state index in [2.05, 4.69) is 5.32 Å². The molecule has 1 heterocycles. The number of hydrogen-bond donors (Lipinski definition) is 1. The SMILES string of the molecule is CN(C(=O)CC1CCC1)[C@H]1CCNC1.Cl. The van der Waals surface area contributed by atoms with Crippen LogP contribution in [0.5, 0.6) is 0 Å². The number of rotatable bonds is 3. The molecule has 0 radical (unpaired) electrons. The van der Waals surface area contributed by atoms with Crippen LogP contribution in [-0.4, -0.2) is 37.0 Å². The van der Waals surface area contributed by atoms with Gasteiger partial charge in [0.15, 0.2) is 0 Å². The summed E-state index contributed by atoms with van der Waals surface area (Å²) in [6.07, 6.45) is 5.76. The summed E-state index contributed by atoms with van der Waals surface area (Å²) in [5.41, 5.74) is 0. The molecule has 4 heteroatoms. The minimum atomic E-state index is 0. The summed E-state index contributed by atoms with van der Waals surface area (Å²) in [4.78, 5) is 13.8.